The number of carbonyl (C=O) groups excluding carboxylic acids is 2. The van der Waals surface area contributed by atoms with Gasteiger partial charge in [-0.25, -0.2) is 0 Å². The zero-order valence-electron chi connectivity index (χ0n) is 11.9. The lowest BCUT2D eigenvalue weighted by atomic mass is 10.1. The van der Waals surface area contributed by atoms with Gasteiger partial charge in [0, 0.05) is 18.5 Å². The summed E-state index contributed by atoms with van der Waals surface area (Å²) in [6, 6.07) is 5.17. The third-order valence-corrected chi connectivity index (χ3v) is 3.15. The topological polar surface area (TPSA) is 97.0 Å². The number of unbranched alkanes of at least 4 members (excludes halogenated alkanes) is 2. The van der Waals surface area contributed by atoms with E-state index in [9.17, 15) is 9.59 Å². The van der Waals surface area contributed by atoms with Crippen LogP contribution in [0.4, 0.5) is 0 Å². The normalized spacial score (nSPS) is 10.5. The van der Waals surface area contributed by atoms with Gasteiger partial charge in [-0.2, -0.15) is 15.4 Å². The van der Waals surface area contributed by atoms with Gasteiger partial charge in [-0.05, 0) is 31.0 Å². The zero-order chi connectivity index (χ0) is 15.1. The summed E-state index contributed by atoms with van der Waals surface area (Å²) >= 11 is 0. The number of methoxy groups -OCH3 is 1. The van der Waals surface area contributed by atoms with Gasteiger partial charge in [0.15, 0.2) is 0 Å². The first-order chi connectivity index (χ1) is 10.2. The number of aromatic nitrogens is 3. The summed E-state index contributed by atoms with van der Waals surface area (Å²) in [5, 5.41) is 13.2. The van der Waals surface area contributed by atoms with Crippen LogP contribution in [0.2, 0.25) is 0 Å². The molecule has 2 rings (SSSR count). The third kappa shape index (κ3) is 4.27. The minimum absolute atomic E-state index is 0.132. The van der Waals surface area contributed by atoms with Gasteiger partial charge in [0.05, 0.1) is 7.11 Å². The maximum absolute atomic E-state index is 12.0. The molecule has 0 saturated heterocycles. The van der Waals surface area contributed by atoms with Gasteiger partial charge < -0.3 is 10.1 Å². The van der Waals surface area contributed by atoms with Crippen LogP contribution in [0.1, 0.15) is 36.0 Å². The Kier molecular flexibility index (Phi) is 5.25. The van der Waals surface area contributed by atoms with Crippen molar-refractivity contribution in [2.75, 3.05) is 13.7 Å². The van der Waals surface area contributed by atoms with E-state index in [4.69, 9.17) is 0 Å². The highest BCUT2D eigenvalue weighted by Crippen LogP contribution is 2.10. The highest BCUT2D eigenvalue weighted by molar-refractivity contribution is 5.97. The smallest absolute Gasteiger partial charge is 0.305 e. The molecule has 0 saturated carbocycles. The van der Waals surface area contributed by atoms with E-state index >= 15 is 0 Å². The molecule has 112 valence electrons. The number of esters is 1. The summed E-state index contributed by atoms with van der Waals surface area (Å²) in [6.07, 6.45) is 2.90. The van der Waals surface area contributed by atoms with E-state index in [1.807, 2.05) is 0 Å². The van der Waals surface area contributed by atoms with Gasteiger partial charge in [-0.3, -0.25) is 9.59 Å². The fourth-order valence-electron chi connectivity index (χ4n) is 1.96. The largest absolute Gasteiger partial charge is 0.469 e. The van der Waals surface area contributed by atoms with Crippen molar-refractivity contribution in [2.24, 2.45) is 0 Å². The Labute approximate surface area is 122 Å². The molecule has 0 aliphatic rings. The van der Waals surface area contributed by atoms with Crippen LogP contribution in [-0.4, -0.2) is 40.9 Å². The number of H-pyrrole nitrogens is 1. The van der Waals surface area contributed by atoms with Gasteiger partial charge in [-0.1, -0.05) is 6.42 Å². The Morgan fingerprint density at radius 3 is 2.81 bits per heavy atom. The number of carbonyl (C=O) groups is 2. The number of hydrogen-bond acceptors (Lipinski definition) is 5. The molecule has 0 unspecified atom stereocenters. The standard InChI is InChI=1S/C14H18N4O3/c1-21-13(19)5-3-2-4-8-15-14(20)10-6-7-11-12(9-10)17-18-16-11/h6-7,9H,2-5,8H2,1H3,(H,15,20)(H,16,17,18). The van der Waals surface area contributed by atoms with E-state index in [0.717, 1.165) is 24.8 Å². The van der Waals surface area contributed by atoms with Crippen molar-refractivity contribution in [3.8, 4) is 0 Å². The molecule has 2 N–H and O–H groups in total. The number of hydrogen-bond donors (Lipinski definition) is 2. The van der Waals surface area contributed by atoms with Crippen molar-refractivity contribution in [1.29, 1.82) is 0 Å². The van der Waals surface area contributed by atoms with Crippen LogP contribution in [0.25, 0.3) is 11.0 Å². The molecule has 0 spiro atoms. The number of benzene rings is 1. The van der Waals surface area contributed by atoms with Gasteiger partial charge >= 0.3 is 5.97 Å². The SMILES string of the molecule is COC(=O)CCCCCNC(=O)c1ccc2n[nH]nc2c1. The molecule has 2 aromatic rings. The van der Waals surface area contributed by atoms with Crippen molar-refractivity contribution >= 4 is 22.9 Å². The number of nitrogens with zero attached hydrogens (tertiary/aromatic N) is 2. The Morgan fingerprint density at radius 1 is 1.19 bits per heavy atom. The Morgan fingerprint density at radius 2 is 2.00 bits per heavy atom. The minimum Gasteiger partial charge on any atom is -0.469 e. The van der Waals surface area contributed by atoms with Crippen molar-refractivity contribution in [1.82, 2.24) is 20.7 Å². The Balaban J connectivity index is 1.70. The predicted molar refractivity (Wildman–Crippen MR) is 76.7 cm³/mol. The molecule has 0 aliphatic heterocycles. The summed E-state index contributed by atoms with van der Waals surface area (Å²) in [6.45, 7) is 0.580. The first kappa shape index (κ1) is 15.0. The highest BCUT2D eigenvalue weighted by atomic mass is 16.5. The average Bonchev–Trinajstić information content (AvgIpc) is 2.97. The molecule has 0 aliphatic carbocycles. The molecule has 1 amide bonds. The van der Waals surface area contributed by atoms with Crippen molar-refractivity contribution < 1.29 is 14.3 Å². The van der Waals surface area contributed by atoms with Gasteiger partial charge in [0.25, 0.3) is 5.91 Å². The third-order valence-electron chi connectivity index (χ3n) is 3.15. The molecular weight excluding hydrogens is 272 g/mol. The summed E-state index contributed by atoms with van der Waals surface area (Å²) in [5.74, 6) is -0.326. The van der Waals surface area contributed by atoms with Crippen LogP contribution >= 0.6 is 0 Å². The Bertz CT molecular complexity index is 623. The van der Waals surface area contributed by atoms with Gasteiger partial charge in [0.2, 0.25) is 0 Å². The van der Waals surface area contributed by atoms with E-state index in [0.29, 0.717) is 24.0 Å². The van der Waals surface area contributed by atoms with E-state index in [1.165, 1.54) is 7.11 Å². The zero-order valence-corrected chi connectivity index (χ0v) is 11.9. The van der Waals surface area contributed by atoms with Crippen LogP contribution in [0.3, 0.4) is 0 Å². The molecule has 0 radical (unpaired) electrons. The maximum Gasteiger partial charge on any atom is 0.305 e. The molecule has 0 atom stereocenters. The summed E-state index contributed by atoms with van der Waals surface area (Å²) in [7, 11) is 1.38. The van der Waals surface area contributed by atoms with Crippen LogP contribution in [0.5, 0.6) is 0 Å². The molecule has 1 heterocycles. The van der Waals surface area contributed by atoms with E-state index in [1.54, 1.807) is 18.2 Å². The van der Waals surface area contributed by atoms with E-state index < -0.39 is 0 Å². The fraction of sp³-hybridized carbons (Fsp3) is 0.429. The highest BCUT2D eigenvalue weighted by Gasteiger charge is 2.07. The summed E-state index contributed by atoms with van der Waals surface area (Å²) < 4.78 is 4.56. The summed E-state index contributed by atoms with van der Waals surface area (Å²) in [4.78, 5) is 22.9. The predicted octanol–water partition coefficient (Wildman–Crippen LogP) is 1.42. The lowest BCUT2D eigenvalue weighted by molar-refractivity contribution is -0.140. The van der Waals surface area contributed by atoms with Crippen LogP contribution in [-0.2, 0) is 9.53 Å². The second kappa shape index (κ2) is 7.37. The average molecular weight is 290 g/mol. The molecule has 21 heavy (non-hydrogen) atoms. The Hall–Kier alpha value is -2.44. The van der Waals surface area contributed by atoms with Crippen molar-refractivity contribution in [3.05, 3.63) is 23.8 Å². The van der Waals surface area contributed by atoms with Crippen LogP contribution in [0, 0.1) is 0 Å². The number of ether oxygens (including phenoxy) is 1. The molecule has 1 aromatic carbocycles. The number of fused-ring (bicyclic) bond motifs is 1. The molecule has 0 bridgehead atoms. The number of nitrogens with one attached hydrogen (secondary N) is 2. The monoisotopic (exact) mass is 290 g/mol. The lowest BCUT2D eigenvalue weighted by Crippen LogP contribution is -2.24. The van der Waals surface area contributed by atoms with Crippen molar-refractivity contribution in [3.63, 3.8) is 0 Å². The minimum atomic E-state index is -0.194. The molecule has 7 heteroatoms. The molecule has 0 fully saturated rings. The number of amides is 1. The molecule has 7 nitrogen and oxygen atoms in total. The van der Waals surface area contributed by atoms with Crippen molar-refractivity contribution in [2.45, 2.75) is 25.7 Å². The molecule has 1 aromatic heterocycles. The quantitative estimate of drug-likeness (QED) is 0.594. The number of rotatable bonds is 7. The summed E-state index contributed by atoms with van der Waals surface area (Å²) in [5.41, 5.74) is 1.96. The first-order valence-electron chi connectivity index (χ1n) is 6.86. The second-order valence-electron chi connectivity index (χ2n) is 4.67. The van der Waals surface area contributed by atoms with Gasteiger partial charge in [-0.15, -0.1) is 0 Å². The molecular formula is C14H18N4O3. The second-order valence-corrected chi connectivity index (χ2v) is 4.67. The van der Waals surface area contributed by atoms with Gasteiger partial charge in [0.1, 0.15) is 11.0 Å². The van der Waals surface area contributed by atoms with Crippen LogP contribution in [0.15, 0.2) is 18.2 Å². The lowest BCUT2D eigenvalue weighted by Gasteiger charge is -2.05. The van der Waals surface area contributed by atoms with Crippen LogP contribution < -0.4 is 5.32 Å². The van der Waals surface area contributed by atoms with E-state index in [-0.39, 0.29) is 11.9 Å². The fourth-order valence-corrected chi connectivity index (χ4v) is 1.96. The first-order valence-corrected chi connectivity index (χ1v) is 6.86. The number of aromatic amines is 1. The van der Waals surface area contributed by atoms with E-state index in [2.05, 4.69) is 25.5 Å². The maximum atomic E-state index is 12.0.